The van der Waals surface area contributed by atoms with E-state index in [2.05, 4.69) is 48.6 Å². The number of unbranched alkanes of at least 4 members (excludes halogenated alkanes) is 1. The van der Waals surface area contributed by atoms with Gasteiger partial charge < -0.3 is 29.6 Å². The molecule has 2 aliphatic rings. The van der Waals surface area contributed by atoms with Crippen molar-refractivity contribution >= 4 is 40.6 Å². The molecule has 0 radical (unpaired) electrons. The molecular formula is C38H55ClN4O5S. The van der Waals surface area contributed by atoms with Crippen molar-refractivity contribution in [2.24, 2.45) is 17.6 Å². The molecule has 3 amide bonds. The predicted octanol–water partition coefficient (Wildman–Crippen LogP) is 7.29. The van der Waals surface area contributed by atoms with Gasteiger partial charge >= 0.3 is 6.03 Å². The maximum Gasteiger partial charge on any atom is 0.359 e. The van der Waals surface area contributed by atoms with Gasteiger partial charge in [-0.05, 0) is 100 Å². The van der Waals surface area contributed by atoms with E-state index in [4.69, 9.17) is 26.8 Å². The molecule has 2 aromatic rings. The SMILES string of the molecule is CC[C@@H](C/C=C/C[C@H](C)C[S+]([O-])NC(=O)N1CC2(CCCO2)C1)CCN(CC)c1cc(C(N)=O)ccc1OCCCCc1cccc(Cl)c1. The van der Waals surface area contributed by atoms with E-state index in [1.165, 1.54) is 5.56 Å². The second kappa shape index (κ2) is 19.5. The summed E-state index contributed by atoms with van der Waals surface area (Å²) in [5.74, 6) is 1.41. The molecule has 3 atom stereocenters. The molecule has 9 nitrogen and oxygen atoms in total. The molecule has 2 aromatic carbocycles. The first-order valence-electron chi connectivity index (χ1n) is 17.9. The molecule has 3 N–H and O–H groups in total. The summed E-state index contributed by atoms with van der Waals surface area (Å²) < 4.78 is 27.3. The fourth-order valence-corrected chi connectivity index (χ4v) is 7.84. The molecule has 0 saturated carbocycles. The number of primary amides is 1. The molecule has 2 heterocycles. The smallest absolute Gasteiger partial charge is 0.359 e. The summed E-state index contributed by atoms with van der Waals surface area (Å²) in [4.78, 5) is 28.4. The molecule has 0 aliphatic carbocycles. The van der Waals surface area contributed by atoms with Gasteiger partial charge in [0.25, 0.3) is 0 Å². The zero-order chi connectivity index (χ0) is 35.2. The normalized spacial score (nSPS) is 17.1. The number of ether oxygens (including phenoxy) is 2. The number of halogens is 1. The third kappa shape index (κ3) is 12.1. The van der Waals surface area contributed by atoms with Gasteiger partial charge in [0.1, 0.15) is 17.1 Å². The molecule has 2 aliphatic heterocycles. The maximum atomic E-state index is 12.6. The van der Waals surface area contributed by atoms with Crippen molar-refractivity contribution < 1.29 is 23.6 Å². The monoisotopic (exact) mass is 714 g/mol. The van der Waals surface area contributed by atoms with Crippen LogP contribution in [0.15, 0.2) is 54.6 Å². The summed E-state index contributed by atoms with van der Waals surface area (Å²) in [6.45, 7) is 10.5. The van der Waals surface area contributed by atoms with Crippen LogP contribution in [0.3, 0.4) is 0 Å². The minimum absolute atomic E-state index is 0.158. The van der Waals surface area contributed by atoms with Crippen LogP contribution in [0, 0.1) is 11.8 Å². The van der Waals surface area contributed by atoms with Crippen LogP contribution >= 0.6 is 11.6 Å². The van der Waals surface area contributed by atoms with E-state index < -0.39 is 17.3 Å². The van der Waals surface area contributed by atoms with Crippen molar-refractivity contribution in [1.29, 1.82) is 0 Å². The van der Waals surface area contributed by atoms with Crippen molar-refractivity contribution in [2.75, 3.05) is 50.0 Å². The zero-order valence-electron chi connectivity index (χ0n) is 29.5. The number of hydrogen-bond acceptors (Lipinski definition) is 6. The maximum absolute atomic E-state index is 12.6. The quantitative estimate of drug-likeness (QED) is 0.0845. The van der Waals surface area contributed by atoms with Gasteiger partial charge in [-0.2, -0.15) is 4.72 Å². The Morgan fingerprint density at radius 3 is 2.67 bits per heavy atom. The summed E-state index contributed by atoms with van der Waals surface area (Å²) in [6, 6.07) is 13.1. The van der Waals surface area contributed by atoms with Crippen LogP contribution in [0.4, 0.5) is 10.5 Å². The van der Waals surface area contributed by atoms with Gasteiger partial charge in [0.05, 0.1) is 36.7 Å². The van der Waals surface area contributed by atoms with Crippen LogP contribution in [0.1, 0.15) is 88.1 Å². The van der Waals surface area contributed by atoms with Crippen LogP contribution in [0.25, 0.3) is 0 Å². The fraction of sp³-hybridized carbons (Fsp3) is 0.579. The van der Waals surface area contributed by atoms with Crippen molar-refractivity contribution in [3.8, 4) is 5.75 Å². The van der Waals surface area contributed by atoms with Crippen molar-refractivity contribution in [3.05, 3.63) is 70.8 Å². The average Bonchev–Trinajstić information content (AvgIpc) is 3.56. The summed E-state index contributed by atoms with van der Waals surface area (Å²) in [6.07, 6.45) is 13.1. The first kappa shape index (κ1) is 38.9. The Hall–Kier alpha value is -2.92. The lowest BCUT2D eigenvalue weighted by molar-refractivity contribution is -0.0905. The number of nitrogens with zero attached hydrogens (tertiary/aromatic N) is 2. The lowest BCUT2D eigenvalue weighted by atomic mass is 9.91. The third-order valence-electron chi connectivity index (χ3n) is 9.60. The van der Waals surface area contributed by atoms with Crippen LogP contribution in [-0.2, 0) is 22.5 Å². The number of carbonyl (C=O) groups excluding carboxylic acids is 2. The highest BCUT2D eigenvalue weighted by Gasteiger charge is 2.49. The number of likely N-dealkylation sites (tertiary alicyclic amines) is 1. The first-order chi connectivity index (χ1) is 23.6. The number of nitrogens with two attached hydrogens (primary N) is 1. The van der Waals surface area contributed by atoms with E-state index in [1.54, 1.807) is 11.0 Å². The van der Waals surface area contributed by atoms with Gasteiger partial charge in [-0.3, -0.25) is 4.79 Å². The molecular weight excluding hydrogens is 660 g/mol. The van der Waals surface area contributed by atoms with E-state index >= 15 is 0 Å². The van der Waals surface area contributed by atoms with Gasteiger partial charge in [0, 0.05) is 36.2 Å². The van der Waals surface area contributed by atoms with E-state index in [9.17, 15) is 14.1 Å². The number of benzene rings is 2. The topological polar surface area (TPSA) is 120 Å². The number of allylic oxidation sites excluding steroid dienone is 2. The van der Waals surface area contributed by atoms with Crippen LogP contribution < -0.4 is 20.1 Å². The Bertz CT molecular complexity index is 1380. The minimum atomic E-state index is -1.41. The van der Waals surface area contributed by atoms with Gasteiger partial charge in [-0.1, -0.05) is 56.2 Å². The second-order valence-corrected chi connectivity index (χ2v) is 15.2. The predicted molar refractivity (Wildman–Crippen MR) is 200 cm³/mol. The number of nitrogens with one attached hydrogen (secondary N) is 1. The fourth-order valence-electron chi connectivity index (χ4n) is 6.57. The molecule has 49 heavy (non-hydrogen) atoms. The number of anilines is 1. The summed E-state index contributed by atoms with van der Waals surface area (Å²) >= 11 is 4.71. The van der Waals surface area contributed by atoms with Gasteiger partial charge in [0.2, 0.25) is 5.91 Å². The lowest BCUT2D eigenvalue weighted by Crippen LogP contribution is -2.65. The van der Waals surface area contributed by atoms with Crippen LogP contribution in [0.2, 0.25) is 5.02 Å². The molecule has 0 bridgehead atoms. The number of urea groups is 1. The third-order valence-corrected chi connectivity index (χ3v) is 11.1. The highest BCUT2D eigenvalue weighted by atomic mass is 35.5. The van der Waals surface area contributed by atoms with Crippen molar-refractivity contribution in [2.45, 2.75) is 84.2 Å². The Morgan fingerprint density at radius 1 is 1.18 bits per heavy atom. The summed E-state index contributed by atoms with van der Waals surface area (Å²) in [5.41, 5.74) is 8.08. The molecule has 11 heteroatoms. The summed E-state index contributed by atoms with van der Waals surface area (Å²) in [5, 5.41) is 0.756. The number of aryl methyl sites for hydroxylation is 1. The van der Waals surface area contributed by atoms with Gasteiger partial charge in [-0.25, -0.2) is 4.79 Å². The van der Waals surface area contributed by atoms with E-state index in [1.807, 2.05) is 30.3 Å². The van der Waals surface area contributed by atoms with Crippen molar-refractivity contribution in [3.63, 3.8) is 0 Å². The lowest BCUT2D eigenvalue weighted by Gasteiger charge is -2.46. The number of carbonyl (C=O) groups is 2. The van der Waals surface area contributed by atoms with E-state index in [-0.39, 0.29) is 17.6 Å². The standard InChI is InChI=1S/C38H55ClN4O5S/c1-4-30(13-7-6-12-29(3)26-49(46)41-37(45)43-27-38(28-43)20-11-23-48-38)19-21-42(5-2)34-25-32(36(40)44)17-18-35(34)47-22-9-8-14-31-15-10-16-33(39)24-31/h6-7,10,15-18,24-25,29-30H,4-5,8-9,11-14,19-23,26-28H2,1-3H3,(H2,40,44)(H,41,45)/b7-6+/t29-,30-,49?/m0/s1. The van der Waals surface area contributed by atoms with Crippen LogP contribution in [0.5, 0.6) is 5.75 Å². The number of amides is 3. The molecule has 2 fully saturated rings. The number of rotatable bonds is 20. The van der Waals surface area contributed by atoms with Crippen molar-refractivity contribution in [1.82, 2.24) is 9.62 Å². The molecule has 2 saturated heterocycles. The summed E-state index contributed by atoms with van der Waals surface area (Å²) in [7, 11) is 0. The molecule has 0 aromatic heterocycles. The highest BCUT2D eigenvalue weighted by Crippen LogP contribution is 2.35. The first-order valence-corrected chi connectivity index (χ1v) is 19.6. The molecule has 4 rings (SSSR count). The molecule has 270 valence electrons. The number of hydrogen-bond donors (Lipinski definition) is 2. The largest absolute Gasteiger partial charge is 0.593 e. The van der Waals surface area contributed by atoms with E-state index in [0.717, 1.165) is 93.9 Å². The Labute approximate surface area is 301 Å². The molecule has 1 spiro atoms. The van der Waals surface area contributed by atoms with E-state index in [0.29, 0.717) is 36.9 Å². The zero-order valence-corrected chi connectivity index (χ0v) is 31.0. The Balaban J connectivity index is 1.19. The molecule has 1 unspecified atom stereocenters. The van der Waals surface area contributed by atoms with Gasteiger partial charge in [0.15, 0.2) is 0 Å². The average molecular weight is 715 g/mol. The van der Waals surface area contributed by atoms with Gasteiger partial charge in [-0.15, -0.1) is 0 Å². The highest BCUT2D eigenvalue weighted by molar-refractivity contribution is 7.90. The second-order valence-electron chi connectivity index (χ2n) is 13.6. The van der Waals surface area contributed by atoms with Crippen LogP contribution in [-0.4, -0.2) is 72.1 Å². The minimum Gasteiger partial charge on any atom is -0.593 e. The Morgan fingerprint density at radius 2 is 1.98 bits per heavy atom. The Kier molecular flexibility index (Phi) is 15.4.